The SMILES string of the molecule is Cc1nn(C)c(C)c1CNC(=O)c1cc(COc2ccc(F)cc2)cs1. The number of halogens is 1. The fourth-order valence-corrected chi connectivity index (χ4v) is 3.41. The number of carbonyl (C=O) groups excluding carboxylic acids is 1. The number of thiophene rings is 1. The Hall–Kier alpha value is -2.67. The van der Waals surface area contributed by atoms with Gasteiger partial charge in [-0.2, -0.15) is 5.10 Å². The van der Waals surface area contributed by atoms with Gasteiger partial charge in [-0.05, 0) is 49.6 Å². The molecule has 0 aliphatic carbocycles. The number of aromatic nitrogens is 2. The molecule has 26 heavy (non-hydrogen) atoms. The number of nitrogens with one attached hydrogen (secondary N) is 1. The van der Waals surface area contributed by atoms with Crippen LogP contribution < -0.4 is 10.1 Å². The highest BCUT2D eigenvalue weighted by molar-refractivity contribution is 7.12. The van der Waals surface area contributed by atoms with Crippen LogP contribution in [0.4, 0.5) is 4.39 Å². The van der Waals surface area contributed by atoms with Crippen molar-refractivity contribution < 1.29 is 13.9 Å². The molecule has 0 radical (unpaired) electrons. The minimum atomic E-state index is -0.300. The lowest BCUT2D eigenvalue weighted by atomic mass is 10.2. The molecule has 0 atom stereocenters. The van der Waals surface area contributed by atoms with E-state index in [4.69, 9.17) is 4.74 Å². The Balaban J connectivity index is 1.56. The van der Waals surface area contributed by atoms with Crippen molar-refractivity contribution in [2.24, 2.45) is 7.05 Å². The number of rotatable bonds is 6. The van der Waals surface area contributed by atoms with E-state index in [-0.39, 0.29) is 11.7 Å². The zero-order valence-electron chi connectivity index (χ0n) is 14.9. The average molecular weight is 373 g/mol. The third kappa shape index (κ3) is 4.11. The molecule has 0 saturated heterocycles. The summed E-state index contributed by atoms with van der Waals surface area (Å²) in [4.78, 5) is 13.0. The first kappa shape index (κ1) is 18.1. The van der Waals surface area contributed by atoms with Crippen LogP contribution in [0.25, 0.3) is 0 Å². The molecule has 0 aliphatic rings. The molecule has 3 aromatic rings. The molecule has 1 N–H and O–H groups in total. The van der Waals surface area contributed by atoms with Crippen LogP contribution >= 0.6 is 11.3 Å². The number of benzene rings is 1. The number of aryl methyl sites for hydroxylation is 2. The number of ether oxygens (including phenoxy) is 1. The van der Waals surface area contributed by atoms with E-state index in [0.29, 0.717) is 23.8 Å². The first-order valence-electron chi connectivity index (χ1n) is 8.17. The Labute approximate surface area is 155 Å². The van der Waals surface area contributed by atoms with Crippen molar-refractivity contribution in [1.82, 2.24) is 15.1 Å². The van der Waals surface area contributed by atoms with Gasteiger partial charge in [0.2, 0.25) is 0 Å². The number of nitrogens with zero attached hydrogens (tertiary/aromatic N) is 2. The van der Waals surface area contributed by atoms with Crippen LogP contribution in [-0.2, 0) is 20.2 Å². The fraction of sp³-hybridized carbons (Fsp3) is 0.263. The van der Waals surface area contributed by atoms with Gasteiger partial charge in [0.05, 0.1) is 10.6 Å². The van der Waals surface area contributed by atoms with E-state index in [1.165, 1.54) is 23.5 Å². The van der Waals surface area contributed by atoms with Gasteiger partial charge in [-0.15, -0.1) is 11.3 Å². The summed E-state index contributed by atoms with van der Waals surface area (Å²) in [5.74, 6) is 0.169. The maximum Gasteiger partial charge on any atom is 0.261 e. The minimum absolute atomic E-state index is 0.120. The highest BCUT2D eigenvalue weighted by Gasteiger charge is 2.13. The summed E-state index contributed by atoms with van der Waals surface area (Å²) in [6, 6.07) is 7.67. The molecule has 2 heterocycles. The van der Waals surface area contributed by atoms with Crippen LogP contribution in [0, 0.1) is 19.7 Å². The second kappa shape index (κ2) is 7.70. The van der Waals surface area contributed by atoms with Gasteiger partial charge in [-0.3, -0.25) is 9.48 Å². The number of hydrogen-bond donors (Lipinski definition) is 1. The zero-order valence-corrected chi connectivity index (χ0v) is 15.7. The molecule has 1 amide bonds. The monoisotopic (exact) mass is 373 g/mol. The summed E-state index contributed by atoms with van der Waals surface area (Å²) in [6.45, 7) is 4.70. The van der Waals surface area contributed by atoms with Crippen LogP contribution in [0.15, 0.2) is 35.7 Å². The van der Waals surface area contributed by atoms with E-state index in [2.05, 4.69) is 10.4 Å². The molecule has 0 saturated carbocycles. The molecule has 0 bridgehead atoms. The Morgan fingerprint density at radius 1 is 1.31 bits per heavy atom. The normalized spacial score (nSPS) is 10.8. The molecular formula is C19H20FN3O2S. The Morgan fingerprint density at radius 2 is 2.04 bits per heavy atom. The predicted molar refractivity (Wildman–Crippen MR) is 98.9 cm³/mol. The molecule has 5 nitrogen and oxygen atoms in total. The second-order valence-electron chi connectivity index (χ2n) is 6.02. The van der Waals surface area contributed by atoms with Crippen molar-refractivity contribution >= 4 is 17.2 Å². The van der Waals surface area contributed by atoms with Gasteiger partial charge in [0.1, 0.15) is 18.2 Å². The summed E-state index contributed by atoms with van der Waals surface area (Å²) >= 11 is 1.37. The summed E-state index contributed by atoms with van der Waals surface area (Å²) < 4.78 is 20.3. The van der Waals surface area contributed by atoms with E-state index in [1.54, 1.807) is 12.1 Å². The van der Waals surface area contributed by atoms with Crippen LogP contribution in [0.1, 0.15) is 32.2 Å². The number of hydrogen-bond acceptors (Lipinski definition) is 4. The highest BCUT2D eigenvalue weighted by atomic mass is 32.1. The molecule has 0 unspecified atom stereocenters. The number of carbonyl (C=O) groups is 1. The van der Waals surface area contributed by atoms with Crippen molar-refractivity contribution in [2.75, 3.05) is 0 Å². The largest absolute Gasteiger partial charge is 0.489 e. The summed E-state index contributed by atoms with van der Waals surface area (Å²) in [5, 5.41) is 9.18. The highest BCUT2D eigenvalue weighted by Crippen LogP contribution is 2.19. The summed E-state index contributed by atoms with van der Waals surface area (Å²) in [5.41, 5.74) is 3.91. The number of amides is 1. The third-order valence-electron chi connectivity index (χ3n) is 4.18. The lowest BCUT2D eigenvalue weighted by molar-refractivity contribution is 0.0955. The fourth-order valence-electron chi connectivity index (χ4n) is 2.60. The predicted octanol–water partition coefficient (Wildman–Crippen LogP) is 3.75. The second-order valence-corrected chi connectivity index (χ2v) is 6.93. The van der Waals surface area contributed by atoms with Crippen LogP contribution in [0.5, 0.6) is 5.75 Å². The van der Waals surface area contributed by atoms with Crippen molar-refractivity contribution in [3.8, 4) is 5.75 Å². The van der Waals surface area contributed by atoms with Crippen molar-refractivity contribution in [3.63, 3.8) is 0 Å². The van der Waals surface area contributed by atoms with Crippen LogP contribution in [0.2, 0.25) is 0 Å². The van der Waals surface area contributed by atoms with Gasteiger partial charge in [0.25, 0.3) is 5.91 Å². The van der Waals surface area contributed by atoms with Crippen molar-refractivity contribution in [3.05, 3.63) is 68.9 Å². The quantitative estimate of drug-likeness (QED) is 0.716. The first-order chi connectivity index (χ1) is 12.4. The van der Waals surface area contributed by atoms with Gasteiger partial charge < -0.3 is 10.1 Å². The molecule has 0 aliphatic heterocycles. The van der Waals surface area contributed by atoms with Crippen molar-refractivity contribution in [2.45, 2.75) is 27.0 Å². The van der Waals surface area contributed by atoms with Gasteiger partial charge >= 0.3 is 0 Å². The molecule has 0 fully saturated rings. The van der Waals surface area contributed by atoms with Gasteiger partial charge in [-0.1, -0.05) is 0 Å². The molecule has 3 rings (SSSR count). The maximum atomic E-state index is 12.9. The molecular weight excluding hydrogens is 353 g/mol. The van der Waals surface area contributed by atoms with E-state index >= 15 is 0 Å². The topological polar surface area (TPSA) is 56.2 Å². The molecule has 0 spiro atoms. The lowest BCUT2D eigenvalue weighted by Crippen LogP contribution is -2.22. The Kier molecular flexibility index (Phi) is 5.37. The molecule has 136 valence electrons. The minimum Gasteiger partial charge on any atom is -0.489 e. The Morgan fingerprint density at radius 3 is 2.69 bits per heavy atom. The van der Waals surface area contributed by atoms with Gasteiger partial charge in [-0.25, -0.2) is 4.39 Å². The summed E-state index contributed by atoms with van der Waals surface area (Å²) in [6.07, 6.45) is 0. The van der Waals surface area contributed by atoms with E-state index < -0.39 is 0 Å². The molecule has 7 heteroatoms. The lowest BCUT2D eigenvalue weighted by Gasteiger charge is -2.05. The Bertz CT molecular complexity index is 916. The maximum absolute atomic E-state index is 12.9. The van der Waals surface area contributed by atoms with E-state index in [9.17, 15) is 9.18 Å². The average Bonchev–Trinajstić information content (AvgIpc) is 3.18. The smallest absolute Gasteiger partial charge is 0.261 e. The zero-order chi connectivity index (χ0) is 18.7. The van der Waals surface area contributed by atoms with Crippen LogP contribution in [-0.4, -0.2) is 15.7 Å². The first-order valence-corrected chi connectivity index (χ1v) is 9.05. The van der Waals surface area contributed by atoms with Crippen LogP contribution in [0.3, 0.4) is 0 Å². The van der Waals surface area contributed by atoms with E-state index in [0.717, 1.165) is 22.5 Å². The standard InChI is InChI=1S/C19H20FN3O2S/c1-12-17(13(2)23(3)22-12)9-21-19(24)18-8-14(11-26-18)10-25-16-6-4-15(20)5-7-16/h4-8,11H,9-10H2,1-3H3,(H,21,24). The third-order valence-corrected chi connectivity index (χ3v) is 5.16. The van der Waals surface area contributed by atoms with Gasteiger partial charge in [0, 0.05) is 30.4 Å². The van der Waals surface area contributed by atoms with Crippen molar-refractivity contribution in [1.29, 1.82) is 0 Å². The van der Waals surface area contributed by atoms with Gasteiger partial charge in [0.15, 0.2) is 0 Å². The summed E-state index contributed by atoms with van der Waals surface area (Å²) in [7, 11) is 1.89. The molecule has 1 aromatic carbocycles. The van der Waals surface area contributed by atoms with E-state index in [1.807, 2.05) is 37.0 Å². The molecule has 2 aromatic heterocycles.